The van der Waals surface area contributed by atoms with Gasteiger partial charge in [-0.2, -0.15) is 5.10 Å². The number of nitrogens with one attached hydrogen (secondary N) is 1. The Labute approximate surface area is 81.1 Å². The highest BCUT2D eigenvalue weighted by molar-refractivity contribution is 5.90. The van der Waals surface area contributed by atoms with E-state index in [0.29, 0.717) is 0 Å². The Kier molecular flexibility index (Phi) is 1.96. The molecule has 2 aromatic rings. The molecule has 0 spiro atoms. The lowest BCUT2D eigenvalue weighted by atomic mass is 9.97. The van der Waals surface area contributed by atoms with Gasteiger partial charge in [-0.1, -0.05) is 12.1 Å². The summed E-state index contributed by atoms with van der Waals surface area (Å²) in [4.78, 5) is 11.1. The third-order valence-electron chi connectivity index (χ3n) is 2.41. The van der Waals surface area contributed by atoms with Crippen molar-refractivity contribution < 1.29 is 4.79 Å². The maximum atomic E-state index is 11.1. The topological polar surface area (TPSA) is 71.8 Å². The monoisotopic (exact) mass is 189 g/mol. The fourth-order valence-electron chi connectivity index (χ4n) is 1.52. The van der Waals surface area contributed by atoms with Crippen molar-refractivity contribution in [3.63, 3.8) is 0 Å². The highest BCUT2D eigenvalue weighted by Gasteiger charge is 2.14. The Morgan fingerprint density at radius 3 is 3.07 bits per heavy atom. The minimum atomic E-state index is -0.321. The van der Waals surface area contributed by atoms with Gasteiger partial charge in [0, 0.05) is 5.39 Å². The lowest BCUT2D eigenvalue weighted by Crippen LogP contribution is -2.18. The second-order valence-corrected chi connectivity index (χ2v) is 3.30. The zero-order valence-corrected chi connectivity index (χ0v) is 7.82. The number of H-pyrrole nitrogens is 1. The number of hydrogen-bond donors (Lipinski definition) is 2. The molecule has 0 saturated heterocycles. The van der Waals surface area contributed by atoms with Gasteiger partial charge in [-0.05, 0) is 18.6 Å². The normalized spacial score (nSPS) is 12.9. The van der Waals surface area contributed by atoms with E-state index in [0.717, 1.165) is 16.5 Å². The van der Waals surface area contributed by atoms with Gasteiger partial charge < -0.3 is 5.73 Å². The highest BCUT2D eigenvalue weighted by Crippen LogP contribution is 2.23. The second-order valence-electron chi connectivity index (χ2n) is 3.30. The summed E-state index contributed by atoms with van der Waals surface area (Å²) in [6.45, 7) is 1.80. The van der Waals surface area contributed by atoms with Crippen LogP contribution >= 0.6 is 0 Å². The molecule has 3 N–H and O–H groups in total. The fraction of sp³-hybridized carbons (Fsp3) is 0.200. The highest BCUT2D eigenvalue weighted by atomic mass is 16.1. The average molecular weight is 189 g/mol. The summed E-state index contributed by atoms with van der Waals surface area (Å²) in [5.74, 6) is -0.602. The minimum Gasteiger partial charge on any atom is -0.369 e. The van der Waals surface area contributed by atoms with Gasteiger partial charge >= 0.3 is 0 Å². The maximum Gasteiger partial charge on any atom is 0.224 e. The summed E-state index contributed by atoms with van der Waals surface area (Å²) in [6, 6.07) is 5.70. The molecule has 0 saturated carbocycles. The molecule has 1 aromatic heterocycles. The zero-order valence-electron chi connectivity index (χ0n) is 7.82. The van der Waals surface area contributed by atoms with Crippen LogP contribution in [0.2, 0.25) is 0 Å². The fourth-order valence-corrected chi connectivity index (χ4v) is 1.52. The molecule has 2 rings (SSSR count). The summed E-state index contributed by atoms with van der Waals surface area (Å²) < 4.78 is 0. The van der Waals surface area contributed by atoms with E-state index in [9.17, 15) is 4.79 Å². The van der Waals surface area contributed by atoms with E-state index in [-0.39, 0.29) is 11.8 Å². The van der Waals surface area contributed by atoms with Crippen molar-refractivity contribution in [1.82, 2.24) is 10.2 Å². The number of primary amides is 1. The van der Waals surface area contributed by atoms with Crippen LogP contribution in [0.15, 0.2) is 24.4 Å². The summed E-state index contributed by atoms with van der Waals surface area (Å²) in [7, 11) is 0. The van der Waals surface area contributed by atoms with Gasteiger partial charge in [-0.25, -0.2) is 0 Å². The third-order valence-corrected chi connectivity index (χ3v) is 2.41. The predicted octanol–water partition coefficient (Wildman–Crippen LogP) is 1.15. The van der Waals surface area contributed by atoms with Crippen LogP contribution in [0.1, 0.15) is 18.4 Å². The standard InChI is InChI=1S/C10H11N3O/c1-6(10(11)14)7-3-2-4-9-8(7)5-12-13-9/h2-6H,1H3,(H2,11,14)(H,12,13). The van der Waals surface area contributed by atoms with Gasteiger partial charge in [0.2, 0.25) is 5.91 Å². The van der Waals surface area contributed by atoms with Crippen molar-refractivity contribution in [2.24, 2.45) is 5.73 Å². The van der Waals surface area contributed by atoms with E-state index in [1.165, 1.54) is 0 Å². The van der Waals surface area contributed by atoms with Gasteiger partial charge in [0.25, 0.3) is 0 Å². The zero-order chi connectivity index (χ0) is 10.1. The maximum absolute atomic E-state index is 11.1. The first-order valence-corrected chi connectivity index (χ1v) is 4.41. The summed E-state index contributed by atoms with van der Waals surface area (Å²) in [6.07, 6.45) is 1.71. The molecule has 14 heavy (non-hydrogen) atoms. The first-order chi connectivity index (χ1) is 6.70. The van der Waals surface area contributed by atoms with Crippen LogP contribution in [0.25, 0.3) is 10.9 Å². The van der Waals surface area contributed by atoms with Crippen molar-refractivity contribution in [3.8, 4) is 0 Å². The Balaban J connectivity index is 2.61. The summed E-state index contributed by atoms with van der Waals surface area (Å²) in [5, 5.41) is 7.74. The van der Waals surface area contributed by atoms with Crippen molar-refractivity contribution in [2.75, 3.05) is 0 Å². The minimum absolute atomic E-state index is 0.281. The Bertz CT molecular complexity index is 475. The number of rotatable bonds is 2. The number of amides is 1. The van der Waals surface area contributed by atoms with Crippen LogP contribution in [0.3, 0.4) is 0 Å². The molecule has 4 heteroatoms. The van der Waals surface area contributed by atoms with Crippen molar-refractivity contribution in [3.05, 3.63) is 30.0 Å². The lowest BCUT2D eigenvalue weighted by Gasteiger charge is -2.07. The first-order valence-electron chi connectivity index (χ1n) is 4.41. The molecule has 0 aliphatic rings. The Morgan fingerprint density at radius 1 is 1.57 bits per heavy atom. The number of carbonyl (C=O) groups excluding carboxylic acids is 1. The summed E-state index contributed by atoms with van der Waals surface area (Å²) >= 11 is 0. The number of nitrogens with two attached hydrogens (primary N) is 1. The largest absolute Gasteiger partial charge is 0.369 e. The number of benzene rings is 1. The molecule has 0 radical (unpaired) electrons. The molecule has 1 aromatic carbocycles. The van der Waals surface area contributed by atoms with Gasteiger partial charge in [0.1, 0.15) is 0 Å². The van der Waals surface area contributed by atoms with Gasteiger partial charge in [-0.15, -0.1) is 0 Å². The van der Waals surface area contributed by atoms with Crippen molar-refractivity contribution in [2.45, 2.75) is 12.8 Å². The number of carbonyl (C=O) groups is 1. The smallest absolute Gasteiger partial charge is 0.224 e. The van der Waals surface area contributed by atoms with E-state index >= 15 is 0 Å². The van der Waals surface area contributed by atoms with Crippen molar-refractivity contribution >= 4 is 16.8 Å². The van der Waals surface area contributed by atoms with Crippen LogP contribution in [-0.2, 0) is 4.79 Å². The molecule has 1 unspecified atom stereocenters. The average Bonchev–Trinajstić information content (AvgIpc) is 2.63. The van der Waals surface area contributed by atoms with E-state index < -0.39 is 0 Å². The first kappa shape index (κ1) is 8.74. The molecule has 1 atom stereocenters. The molecular weight excluding hydrogens is 178 g/mol. The molecule has 72 valence electrons. The second kappa shape index (κ2) is 3.14. The number of aromatic amines is 1. The molecule has 1 heterocycles. The van der Waals surface area contributed by atoms with Crippen LogP contribution in [0, 0.1) is 0 Å². The van der Waals surface area contributed by atoms with Crippen LogP contribution < -0.4 is 5.73 Å². The van der Waals surface area contributed by atoms with E-state index in [2.05, 4.69) is 10.2 Å². The molecule has 0 aliphatic heterocycles. The molecule has 0 aliphatic carbocycles. The molecule has 0 fully saturated rings. The lowest BCUT2D eigenvalue weighted by molar-refractivity contribution is -0.119. The van der Waals surface area contributed by atoms with Gasteiger partial charge in [0.15, 0.2) is 0 Å². The van der Waals surface area contributed by atoms with E-state index in [4.69, 9.17) is 5.73 Å². The van der Waals surface area contributed by atoms with Gasteiger partial charge in [0.05, 0.1) is 17.6 Å². The van der Waals surface area contributed by atoms with Crippen LogP contribution in [-0.4, -0.2) is 16.1 Å². The van der Waals surface area contributed by atoms with Crippen LogP contribution in [0.5, 0.6) is 0 Å². The predicted molar refractivity (Wildman–Crippen MR) is 53.7 cm³/mol. The van der Waals surface area contributed by atoms with Gasteiger partial charge in [-0.3, -0.25) is 9.89 Å². The van der Waals surface area contributed by atoms with Crippen LogP contribution in [0.4, 0.5) is 0 Å². The quantitative estimate of drug-likeness (QED) is 0.743. The molecule has 1 amide bonds. The molecule has 4 nitrogen and oxygen atoms in total. The number of nitrogens with zero attached hydrogens (tertiary/aromatic N) is 1. The van der Waals surface area contributed by atoms with E-state index in [1.54, 1.807) is 13.1 Å². The van der Waals surface area contributed by atoms with E-state index in [1.807, 2.05) is 18.2 Å². The summed E-state index contributed by atoms with van der Waals surface area (Å²) in [5.41, 5.74) is 7.10. The third kappa shape index (κ3) is 1.25. The van der Waals surface area contributed by atoms with Crippen molar-refractivity contribution in [1.29, 1.82) is 0 Å². The number of aromatic nitrogens is 2. The molecule has 0 bridgehead atoms. The number of hydrogen-bond acceptors (Lipinski definition) is 2. The molecular formula is C10H11N3O. The Hall–Kier alpha value is -1.84. The number of fused-ring (bicyclic) bond motifs is 1. The SMILES string of the molecule is CC(C(N)=O)c1cccc2[nH]ncc12. The Morgan fingerprint density at radius 2 is 2.36 bits per heavy atom.